The van der Waals surface area contributed by atoms with Crippen LogP contribution in [0.3, 0.4) is 0 Å². The van der Waals surface area contributed by atoms with Gasteiger partial charge in [0.25, 0.3) is 0 Å². The molecular formula is C11H14N4S2. The van der Waals surface area contributed by atoms with Gasteiger partial charge in [0.2, 0.25) is 0 Å². The molecule has 2 aromatic heterocycles. The van der Waals surface area contributed by atoms with Gasteiger partial charge in [-0.25, -0.2) is 4.98 Å². The molecule has 3 rings (SSSR count). The van der Waals surface area contributed by atoms with Gasteiger partial charge in [-0.15, -0.1) is 11.3 Å². The molecule has 1 N–H and O–H groups in total. The van der Waals surface area contributed by atoms with Crippen LogP contribution in [-0.2, 0) is 0 Å². The fraction of sp³-hybridized carbons (Fsp3) is 0.545. The van der Waals surface area contributed by atoms with Gasteiger partial charge in [0.1, 0.15) is 10.8 Å². The van der Waals surface area contributed by atoms with Gasteiger partial charge in [-0.05, 0) is 38.9 Å². The molecule has 6 heteroatoms. The molecule has 4 nitrogen and oxygen atoms in total. The first kappa shape index (κ1) is 11.1. The Kier molecular flexibility index (Phi) is 2.63. The van der Waals surface area contributed by atoms with Crippen LogP contribution in [0.1, 0.15) is 48.3 Å². The molecule has 17 heavy (non-hydrogen) atoms. The summed E-state index contributed by atoms with van der Waals surface area (Å²) in [6, 6.07) is 0.176. The Bertz CT molecular complexity index is 591. The van der Waals surface area contributed by atoms with Crippen LogP contribution in [0.5, 0.6) is 0 Å². The third-order valence-electron chi connectivity index (χ3n) is 3.06. The van der Waals surface area contributed by atoms with Crippen LogP contribution in [0, 0.1) is 11.7 Å². The van der Waals surface area contributed by atoms with Crippen molar-refractivity contribution >= 4 is 23.6 Å². The highest BCUT2D eigenvalue weighted by molar-refractivity contribution is 7.71. The number of aromatic nitrogens is 4. The van der Waals surface area contributed by atoms with Crippen molar-refractivity contribution in [2.24, 2.45) is 0 Å². The number of hydrogen-bond donors (Lipinski definition) is 1. The van der Waals surface area contributed by atoms with Gasteiger partial charge in [0.15, 0.2) is 4.77 Å². The molecule has 1 saturated carbocycles. The molecule has 0 saturated heterocycles. The van der Waals surface area contributed by atoms with E-state index in [-0.39, 0.29) is 6.04 Å². The van der Waals surface area contributed by atoms with E-state index in [0.717, 1.165) is 16.5 Å². The zero-order valence-corrected chi connectivity index (χ0v) is 11.4. The quantitative estimate of drug-likeness (QED) is 0.868. The van der Waals surface area contributed by atoms with Crippen LogP contribution in [-0.4, -0.2) is 19.7 Å². The first-order chi connectivity index (χ1) is 8.16. The monoisotopic (exact) mass is 266 g/mol. The molecule has 0 bridgehead atoms. The first-order valence-electron chi connectivity index (χ1n) is 5.75. The molecule has 0 radical (unpaired) electrons. The lowest BCUT2D eigenvalue weighted by atomic mass is 10.3. The maximum absolute atomic E-state index is 5.32. The number of thiazole rings is 1. The third kappa shape index (κ3) is 1.95. The number of H-pyrrole nitrogens is 1. The van der Waals surface area contributed by atoms with Gasteiger partial charge in [-0.2, -0.15) is 5.10 Å². The van der Waals surface area contributed by atoms with Crippen LogP contribution in [0.25, 0.3) is 0 Å². The second-order valence-corrected chi connectivity index (χ2v) is 5.81. The maximum atomic E-state index is 5.32. The van der Waals surface area contributed by atoms with Gasteiger partial charge >= 0.3 is 0 Å². The lowest BCUT2D eigenvalue weighted by Gasteiger charge is -2.12. The summed E-state index contributed by atoms with van der Waals surface area (Å²) in [7, 11) is 0. The van der Waals surface area contributed by atoms with Crippen LogP contribution in [0.15, 0.2) is 5.38 Å². The van der Waals surface area contributed by atoms with Crippen molar-refractivity contribution in [2.75, 3.05) is 0 Å². The molecule has 1 aliphatic rings. The third-order valence-corrected chi connectivity index (χ3v) is 4.48. The number of rotatable bonds is 3. The lowest BCUT2D eigenvalue weighted by molar-refractivity contribution is 0.591. The fourth-order valence-corrected chi connectivity index (χ4v) is 3.14. The van der Waals surface area contributed by atoms with E-state index in [2.05, 4.69) is 32.1 Å². The van der Waals surface area contributed by atoms with E-state index in [4.69, 9.17) is 12.2 Å². The Labute approximate surface area is 109 Å². The molecule has 1 aliphatic carbocycles. The second kappa shape index (κ2) is 4.03. The predicted molar refractivity (Wildman–Crippen MR) is 70.1 cm³/mol. The topological polar surface area (TPSA) is 46.5 Å². The van der Waals surface area contributed by atoms with E-state index in [9.17, 15) is 0 Å². The van der Waals surface area contributed by atoms with Gasteiger partial charge < -0.3 is 0 Å². The predicted octanol–water partition coefficient (Wildman–Crippen LogP) is 3.19. The highest BCUT2D eigenvalue weighted by Gasteiger charge is 2.31. The Morgan fingerprint density at radius 1 is 1.59 bits per heavy atom. The minimum atomic E-state index is 0.176. The largest absolute Gasteiger partial charge is 0.294 e. The zero-order valence-electron chi connectivity index (χ0n) is 9.80. The summed E-state index contributed by atoms with van der Waals surface area (Å²) in [6.45, 7) is 4.15. The summed E-state index contributed by atoms with van der Waals surface area (Å²) < 4.78 is 2.82. The molecule has 1 fully saturated rings. The van der Waals surface area contributed by atoms with Crippen molar-refractivity contribution in [1.82, 2.24) is 19.7 Å². The Morgan fingerprint density at radius 3 is 2.94 bits per heavy atom. The lowest BCUT2D eigenvalue weighted by Crippen LogP contribution is -2.10. The van der Waals surface area contributed by atoms with Gasteiger partial charge in [-0.3, -0.25) is 9.67 Å². The maximum Gasteiger partial charge on any atom is 0.195 e. The van der Waals surface area contributed by atoms with Crippen molar-refractivity contribution in [1.29, 1.82) is 0 Å². The summed E-state index contributed by atoms with van der Waals surface area (Å²) in [5.41, 5.74) is 1.07. The first-order valence-corrected chi connectivity index (χ1v) is 7.04. The molecule has 2 aromatic rings. The number of hydrogen-bond acceptors (Lipinski definition) is 4. The number of aromatic amines is 1. The number of nitrogens with zero attached hydrogens (tertiary/aromatic N) is 3. The Hall–Kier alpha value is -1.01. The van der Waals surface area contributed by atoms with Crippen molar-refractivity contribution in [3.63, 3.8) is 0 Å². The van der Waals surface area contributed by atoms with E-state index in [1.807, 2.05) is 6.92 Å². The average Bonchev–Trinajstić information content (AvgIpc) is 2.94. The summed E-state index contributed by atoms with van der Waals surface area (Å²) in [5.74, 6) is 1.68. The highest BCUT2D eigenvalue weighted by atomic mass is 32.1. The molecular weight excluding hydrogens is 252 g/mol. The van der Waals surface area contributed by atoms with Crippen LogP contribution >= 0.6 is 23.6 Å². The highest BCUT2D eigenvalue weighted by Crippen LogP contribution is 2.40. The van der Waals surface area contributed by atoms with E-state index in [1.54, 1.807) is 11.3 Å². The minimum absolute atomic E-state index is 0.176. The summed E-state index contributed by atoms with van der Waals surface area (Å²) >= 11 is 7.01. The standard InChI is InChI=1S/C11H14N4S2/c1-6-5-17-10(12-6)7(2)15-9(8-3-4-8)13-14-11(15)16/h5,7-8H,3-4H2,1-2H3,(H,14,16). The Balaban J connectivity index is 2.03. The van der Waals surface area contributed by atoms with Gasteiger partial charge in [-0.1, -0.05) is 0 Å². The molecule has 0 aromatic carbocycles. The van der Waals surface area contributed by atoms with Crippen LogP contribution in [0.2, 0.25) is 0 Å². The molecule has 0 aliphatic heterocycles. The summed E-state index contributed by atoms with van der Waals surface area (Å²) in [6.07, 6.45) is 2.45. The van der Waals surface area contributed by atoms with Crippen molar-refractivity contribution in [2.45, 2.75) is 38.6 Å². The van der Waals surface area contributed by atoms with Crippen molar-refractivity contribution in [3.05, 3.63) is 26.7 Å². The normalized spacial score (nSPS) is 17.3. The van der Waals surface area contributed by atoms with E-state index in [1.165, 1.54) is 12.8 Å². The second-order valence-electron chi connectivity index (χ2n) is 4.53. The average molecular weight is 266 g/mol. The molecule has 1 unspecified atom stereocenters. The SMILES string of the molecule is Cc1csc(C(C)n2c(C3CC3)n[nH]c2=S)n1. The Morgan fingerprint density at radius 2 is 2.35 bits per heavy atom. The summed E-state index contributed by atoms with van der Waals surface area (Å²) in [5, 5.41) is 10.4. The van der Waals surface area contributed by atoms with E-state index < -0.39 is 0 Å². The zero-order chi connectivity index (χ0) is 12.0. The molecule has 0 spiro atoms. The van der Waals surface area contributed by atoms with E-state index >= 15 is 0 Å². The number of nitrogens with one attached hydrogen (secondary N) is 1. The van der Waals surface area contributed by atoms with Gasteiger partial charge in [0.05, 0.1) is 6.04 Å². The minimum Gasteiger partial charge on any atom is -0.294 e. The van der Waals surface area contributed by atoms with Crippen molar-refractivity contribution < 1.29 is 0 Å². The van der Waals surface area contributed by atoms with Crippen LogP contribution in [0.4, 0.5) is 0 Å². The molecule has 0 amide bonds. The van der Waals surface area contributed by atoms with E-state index in [0.29, 0.717) is 10.7 Å². The smallest absolute Gasteiger partial charge is 0.195 e. The number of aryl methyl sites for hydroxylation is 1. The molecule has 2 heterocycles. The summed E-state index contributed by atoms with van der Waals surface area (Å²) in [4.78, 5) is 4.54. The molecule has 90 valence electrons. The van der Waals surface area contributed by atoms with Crippen molar-refractivity contribution in [3.8, 4) is 0 Å². The van der Waals surface area contributed by atoms with Gasteiger partial charge in [0, 0.05) is 17.0 Å². The fourth-order valence-electron chi connectivity index (χ4n) is 2.00. The molecule has 1 atom stereocenters. The van der Waals surface area contributed by atoms with Crippen LogP contribution < -0.4 is 0 Å².